The van der Waals surface area contributed by atoms with Gasteiger partial charge in [0.25, 0.3) is 11.6 Å². The number of rotatable bonds is 3. The Kier molecular flexibility index (Phi) is 4.10. The zero-order chi connectivity index (χ0) is 16.4. The number of para-hydroxylation sites is 1. The predicted molar refractivity (Wildman–Crippen MR) is 87.4 cm³/mol. The number of nitro groups is 1. The number of nitrogens with one attached hydrogen (secondary N) is 1. The molecule has 5 nitrogen and oxygen atoms in total. The number of benzene rings is 2. The minimum Gasteiger partial charge on any atom is -0.345 e. The lowest BCUT2D eigenvalue weighted by molar-refractivity contribution is -0.385. The topological polar surface area (TPSA) is 72.2 Å². The van der Waals surface area contributed by atoms with E-state index in [0.717, 1.165) is 24.8 Å². The number of carbonyl (C=O) groups is 1. The molecule has 1 atom stereocenters. The van der Waals surface area contributed by atoms with Crippen LogP contribution in [0.4, 0.5) is 5.69 Å². The molecule has 0 saturated carbocycles. The van der Waals surface area contributed by atoms with Crippen molar-refractivity contribution in [2.45, 2.75) is 32.2 Å². The van der Waals surface area contributed by atoms with E-state index in [-0.39, 0.29) is 23.2 Å². The van der Waals surface area contributed by atoms with Crippen molar-refractivity contribution in [1.29, 1.82) is 0 Å². The molecule has 1 aliphatic rings. The number of aryl methyl sites for hydroxylation is 2. The van der Waals surface area contributed by atoms with E-state index >= 15 is 0 Å². The first-order valence-corrected chi connectivity index (χ1v) is 7.70. The summed E-state index contributed by atoms with van der Waals surface area (Å²) >= 11 is 0. The van der Waals surface area contributed by atoms with Crippen LogP contribution in [0.1, 0.15) is 45.9 Å². The molecule has 0 radical (unpaired) electrons. The van der Waals surface area contributed by atoms with Gasteiger partial charge < -0.3 is 5.32 Å². The predicted octanol–water partition coefficient (Wildman–Crippen LogP) is 3.71. The zero-order valence-corrected chi connectivity index (χ0v) is 12.9. The van der Waals surface area contributed by atoms with Gasteiger partial charge in [-0.1, -0.05) is 36.4 Å². The molecule has 5 heteroatoms. The smallest absolute Gasteiger partial charge is 0.285 e. The molecule has 0 fully saturated rings. The number of hydrogen-bond acceptors (Lipinski definition) is 3. The number of hydrogen-bond donors (Lipinski definition) is 1. The Hall–Kier alpha value is -2.69. The van der Waals surface area contributed by atoms with Gasteiger partial charge in [0.05, 0.1) is 11.0 Å². The van der Waals surface area contributed by atoms with Gasteiger partial charge in [-0.2, -0.15) is 0 Å². The quantitative estimate of drug-likeness (QED) is 0.694. The summed E-state index contributed by atoms with van der Waals surface area (Å²) in [5.41, 5.74) is 2.85. The average molecular weight is 310 g/mol. The largest absolute Gasteiger partial charge is 0.345 e. The van der Waals surface area contributed by atoms with Gasteiger partial charge in [0.1, 0.15) is 5.56 Å². The van der Waals surface area contributed by atoms with Crippen molar-refractivity contribution in [3.05, 3.63) is 74.8 Å². The minimum atomic E-state index is -0.487. The second-order valence-electron chi connectivity index (χ2n) is 5.85. The number of nitrogens with zero attached hydrogens (tertiary/aromatic N) is 1. The summed E-state index contributed by atoms with van der Waals surface area (Å²) in [6.07, 6.45) is 2.85. The number of carbonyl (C=O) groups excluding carboxylic acids is 1. The second kappa shape index (κ2) is 6.20. The number of fused-ring (bicyclic) bond motifs is 1. The first-order chi connectivity index (χ1) is 11.1. The van der Waals surface area contributed by atoms with Crippen LogP contribution < -0.4 is 5.32 Å². The summed E-state index contributed by atoms with van der Waals surface area (Å²) in [4.78, 5) is 23.4. The molecule has 0 aliphatic heterocycles. The number of amides is 1. The van der Waals surface area contributed by atoms with E-state index in [4.69, 9.17) is 0 Å². The first kappa shape index (κ1) is 15.2. The Labute approximate surface area is 134 Å². The lowest BCUT2D eigenvalue weighted by Gasteiger charge is -2.26. The van der Waals surface area contributed by atoms with Gasteiger partial charge in [0, 0.05) is 5.56 Å². The first-order valence-electron chi connectivity index (χ1n) is 7.70. The molecule has 1 N–H and O–H groups in total. The van der Waals surface area contributed by atoms with E-state index in [2.05, 4.69) is 11.4 Å². The van der Waals surface area contributed by atoms with Gasteiger partial charge in [0.2, 0.25) is 0 Å². The van der Waals surface area contributed by atoms with Crippen LogP contribution in [-0.4, -0.2) is 10.8 Å². The zero-order valence-electron chi connectivity index (χ0n) is 12.9. The third-order valence-electron chi connectivity index (χ3n) is 4.34. The van der Waals surface area contributed by atoms with E-state index in [1.807, 2.05) is 18.2 Å². The van der Waals surface area contributed by atoms with E-state index in [0.29, 0.717) is 5.56 Å². The maximum absolute atomic E-state index is 12.6. The van der Waals surface area contributed by atoms with Crippen molar-refractivity contribution in [1.82, 2.24) is 5.32 Å². The summed E-state index contributed by atoms with van der Waals surface area (Å²) in [5.74, 6) is -0.387. The molecule has 0 heterocycles. The molecule has 1 aliphatic carbocycles. The van der Waals surface area contributed by atoms with Crippen LogP contribution in [0.15, 0.2) is 42.5 Å². The highest BCUT2D eigenvalue weighted by Gasteiger charge is 2.26. The summed E-state index contributed by atoms with van der Waals surface area (Å²) in [6, 6.07) is 12.8. The molecule has 23 heavy (non-hydrogen) atoms. The van der Waals surface area contributed by atoms with Gasteiger partial charge in [-0.3, -0.25) is 14.9 Å². The summed E-state index contributed by atoms with van der Waals surface area (Å²) < 4.78 is 0. The molecular formula is C18H18N2O3. The molecule has 118 valence electrons. The maximum Gasteiger partial charge on any atom is 0.285 e. The van der Waals surface area contributed by atoms with Gasteiger partial charge in [-0.25, -0.2) is 0 Å². The third-order valence-corrected chi connectivity index (χ3v) is 4.34. The Balaban J connectivity index is 1.90. The minimum absolute atomic E-state index is 0.0902. The lowest BCUT2D eigenvalue weighted by Crippen LogP contribution is -2.31. The van der Waals surface area contributed by atoms with Crippen molar-refractivity contribution in [3.8, 4) is 0 Å². The molecule has 1 amide bonds. The van der Waals surface area contributed by atoms with Crippen molar-refractivity contribution >= 4 is 11.6 Å². The van der Waals surface area contributed by atoms with Crippen molar-refractivity contribution in [2.75, 3.05) is 0 Å². The van der Waals surface area contributed by atoms with Gasteiger partial charge in [-0.15, -0.1) is 0 Å². The van der Waals surface area contributed by atoms with Gasteiger partial charge in [0.15, 0.2) is 0 Å². The van der Waals surface area contributed by atoms with Crippen molar-refractivity contribution in [3.63, 3.8) is 0 Å². The molecule has 0 unspecified atom stereocenters. The molecule has 0 saturated heterocycles. The van der Waals surface area contributed by atoms with Crippen LogP contribution in [0.5, 0.6) is 0 Å². The molecule has 3 rings (SSSR count). The molecule has 2 aromatic carbocycles. The van der Waals surface area contributed by atoms with E-state index in [9.17, 15) is 14.9 Å². The fourth-order valence-corrected chi connectivity index (χ4v) is 3.22. The van der Waals surface area contributed by atoms with Gasteiger partial charge in [-0.05, 0) is 43.4 Å². The van der Waals surface area contributed by atoms with E-state index in [1.54, 1.807) is 19.1 Å². The highest BCUT2D eigenvalue weighted by Crippen LogP contribution is 2.30. The Morgan fingerprint density at radius 3 is 2.78 bits per heavy atom. The Morgan fingerprint density at radius 2 is 2.00 bits per heavy atom. The van der Waals surface area contributed by atoms with E-state index < -0.39 is 4.92 Å². The fraction of sp³-hybridized carbons (Fsp3) is 0.278. The average Bonchev–Trinajstić information content (AvgIpc) is 2.54. The van der Waals surface area contributed by atoms with Crippen LogP contribution in [0.3, 0.4) is 0 Å². The second-order valence-corrected chi connectivity index (χ2v) is 5.85. The van der Waals surface area contributed by atoms with Crippen molar-refractivity contribution in [2.24, 2.45) is 0 Å². The van der Waals surface area contributed by atoms with Crippen LogP contribution in [-0.2, 0) is 6.42 Å². The summed E-state index contributed by atoms with van der Waals surface area (Å²) in [5, 5.41) is 14.2. The van der Waals surface area contributed by atoms with Crippen LogP contribution in [0.2, 0.25) is 0 Å². The number of nitro benzene ring substituents is 1. The maximum atomic E-state index is 12.6. The summed E-state index contributed by atoms with van der Waals surface area (Å²) in [7, 11) is 0. The third kappa shape index (κ3) is 2.95. The van der Waals surface area contributed by atoms with Crippen LogP contribution in [0, 0.1) is 17.0 Å². The van der Waals surface area contributed by atoms with Crippen molar-refractivity contribution < 1.29 is 9.72 Å². The Morgan fingerprint density at radius 1 is 1.22 bits per heavy atom. The highest BCUT2D eigenvalue weighted by atomic mass is 16.6. The SMILES string of the molecule is Cc1cccc(C(=O)N[C@H]2CCCc3ccccc32)c1[N+](=O)[O-]. The Bertz CT molecular complexity index is 771. The normalized spacial score (nSPS) is 16.5. The van der Waals surface area contributed by atoms with Crippen LogP contribution >= 0.6 is 0 Å². The summed E-state index contributed by atoms with van der Waals surface area (Å²) in [6.45, 7) is 1.64. The molecular weight excluding hydrogens is 292 g/mol. The monoisotopic (exact) mass is 310 g/mol. The van der Waals surface area contributed by atoms with Gasteiger partial charge >= 0.3 is 0 Å². The molecule has 0 aromatic heterocycles. The van der Waals surface area contributed by atoms with E-state index in [1.165, 1.54) is 11.6 Å². The molecule has 0 bridgehead atoms. The molecule has 0 spiro atoms. The standard InChI is InChI=1S/C18H18N2O3/c1-12-6-4-10-15(17(12)20(22)23)18(21)19-16-11-5-8-13-7-2-3-9-14(13)16/h2-4,6-7,9-10,16H,5,8,11H2,1H3,(H,19,21)/t16-/m0/s1. The molecule has 2 aromatic rings. The highest BCUT2D eigenvalue weighted by molar-refractivity contribution is 5.98. The lowest BCUT2D eigenvalue weighted by atomic mass is 9.87. The van der Waals surface area contributed by atoms with Crippen LogP contribution in [0.25, 0.3) is 0 Å². The fourth-order valence-electron chi connectivity index (χ4n) is 3.22.